The summed E-state index contributed by atoms with van der Waals surface area (Å²) in [7, 11) is 0. The monoisotopic (exact) mass is 345 g/mol. The molecule has 2 aliphatic heterocycles. The number of hydrogen-bond acceptors (Lipinski definition) is 5. The van der Waals surface area contributed by atoms with Gasteiger partial charge in [0.05, 0.1) is 13.2 Å². The van der Waals surface area contributed by atoms with Crippen LogP contribution in [0.4, 0.5) is 10.1 Å². The average Bonchev–Trinajstić information content (AvgIpc) is 3.09. The lowest BCUT2D eigenvalue weighted by Gasteiger charge is -2.42. The van der Waals surface area contributed by atoms with Gasteiger partial charge < -0.3 is 19.1 Å². The molecule has 2 aromatic rings. The molecule has 6 nitrogen and oxygen atoms in total. The summed E-state index contributed by atoms with van der Waals surface area (Å²) in [4.78, 5) is 16.6. The van der Waals surface area contributed by atoms with E-state index in [9.17, 15) is 9.18 Å². The molecule has 1 amide bonds. The maximum absolute atomic E-state index is 13.2. The minimum atomic E-state index is -0.237. The Bertz CT molecular complexity index is 720. The number of likely N-dealkylation sites (tertiary alicyclic amines) is 1. The smallest absolute Gasteiger partial charge is 0.276 e. The lowest BCUT2D eigenvalue weighted by molar-refractivity contribution is 0.0513. The van der Waals surface area contributed by atoms with Gasteiger partial charge in [-0.1, -0.05) is 5.16 Å². The number of piperidine rings is 1. The first-order valence-electron chi connectivity index (χ1n) is 8.52. The number of fused-ring (bicyclic) bond motifs is 1. The third kappa shape index (κ3) is 3.24. The van der Waals surface area contributed by atoms with E-state index >= 15 is 0 Å². The number of nitrogens with zero attached hydrogens (tertiary/aromatic N) is 3. The van der Waals surface area contributed by atoms with E-state index in [1.165, 1.54) is 18.4 Å². The van der Waals surface area contributed by atoms with Crippen LogP contribution in [0.1, 0.15) is 16.9 Å². The molecule has 25 heavy (non-hydrogen) atoms. The summed E-state index contributed by atoms with van der Waals surface area (Å²) in [6, 6.07) is 8.45. The van der Waals surface area contributed by atoms with Crippen LogP contribution >= 0.6 is 0 Å². The summed E-state index contributed by atoms with van der Waals surface area (Å²) in [5.74, 6) is -0.138. The molecule has 4 rings (SSSR count). The van der Waals surface area contributed by atoms with Crippen molar-refractivity contribution >= 4 is 11.6 Å². The molecule has 2 aliphatic rings. The van der Waals surface area contributed by atoms with Crippen LogP contribution in [0.25, 0.3) is 0 Å². The Morgan fingerprint density at radius 2 is 2.04 bits per heavy atom. The molecule has 0 aliphatic carbocycles. The van der Waals surface area contributed by atoms with Crippen molar-refractivity contribution < 1.29 is 18.4 Å². The summed E-state index contributed by atoms with van der Waals surface area (Å²) >= 11 is 0. The zero-order chi connectivity index (χ0) is 17.2. The molecule has 1 aromatic carbocycles. The zero-order valence-electron chi connectivity index (χ0n) is 13.8. The number of rotatable bonds is 2. The van der Waals surface area contributed by atoms with Crippen molar-refractivity contribution in [1.82, 2.24) is 10.1 Å². The number of amides is 1. The third-order valence-corrected chi connectivity index (χ3v) is 5.01. The van der Waals surface area contributed by atoms with Gasteiger partial charge in [0.2, 0.25) is 0 Å². The van der Waals surface area contributed by atoms with Crippen LogP contribution in [0.5, 0.6) is 0 Å². The predicted molar refractivity (Wildman–Crippen MR) is 88.9 cm³/mol. The summed E-state index contributed by atoms with van der Waals surface area (Å²) in [6.45, 7) is 3.29. The molecular formula is C18H20FN3O3. The number of benzene rings is 1. The van der Waals surface area contributed by atoms with Gasteiger partial charge in [-0.15, -0.1) is 0 Å². The van der Waals surface area contributed by atoms with Crippen LogP contribution in [0.15, 0.2) is 41.1 Å². The Kier molecular flexibility index (Phi) is 4.40. The third-order valence-electron chi connectivity index (χ3n) is 5.01. The van der Waals surface area contributed by atoms with Crippen LogP contribution in [-0.2, 0) is 4.74 Å². The molecule has 2 atom stereocenters. The normalized spacial score (nSPS) is 23.9. The van der Waals surface area contributed by atoms with E-state index in [0.717, 1.165) is 18.7 Å². The summed E-state index contributed by atoms with van der Waals surface area (Å²) in [5, 5.41) is 3.74. The lowest BCUT2D eigenvalue weighted by atomic mass is 9.91. The first-order valence-corrected chi connectivity index (χ1v) is 8.52. The molecule has 0 bridgehead atoms. The maximum atomic E-state index is 13.2. The van der Waals surface area contributed by atoms with Gasteiger partial charge in [0.15, 0.2) is 5.69 Å². The fourth-order valence-corrected chi connectivity index (χ4v) is 3.78. The van der Waals surface area contributed by atoms with Gasteiger partial charge >= 0.3 is 0 Å². The second-order valence-corrected chi connectivity index (χ2v) is 6.50. The van der Waals surface area contributed by atoms with Gasteiger partial charge in [-0.2, -0.15) is 0 Å². The van der Waals surface area contributed by atoms with Crippen LogP contribution in [-0.4, -0.2) is 54.9 Å². The lowest BCUT2D eigenvalue weighted by Crippen LogP contribution is -2.53. The second kappa shape index (κ2) is 6.84. The molecular weight excluding hydrogens is 325 g/mol. The average molecular weight is 345 g/mol. The van der Waals surface area contributed by atoms with E-state index in [2.05, 4.69) is 10.1 Å². The minimum Gasteiger partial charge on any atom is -0.379 e. The largest absolute Gasteiger partial charge is 0.379 e. The van der Waals surface area contributed by atoms with Crippen molar-refractivity contribution in [3.05, 3.63) is 48.1 Å². The molecule has 132 valence electrons. The Morgan fingerprint density at radius 3 is 2.80 bits per heavy atom. The molecule has 0 N–H and O–H groups in total. The summed E-state index contributed by atoms with van der Waals surface area (Å²) in [6.07, 6.45) is 2.25. The molecule has 1 aromatic heterocycles. The SMILES string of the molecule is O=C(c1ccon1)N1CC[C@H]2[C@@H](COCCN2c2ccc(F)cc2)C1. The van der Waals surface area contributed by atoms with Gasteiger partial charge in [-0.05, 0) is 30.7 Å². The Hall–Kier alpha value is -2.41. The summed E-state index contributed by atoms with van der Waals surface area (Å²) < 4.78 is 23.8. The number of halogens is 1. The molecule has 2 fully saturated rings. The van der Waals surface area contributed by atoms with E-state index in [1.807, 2.05) is 17.0 Å². The van der Waals surface area contributed by atoms with Crippen molar-refractivity contribution in [2.45, 2.75) is 12.5 Å². The van der Waals surface area contributed by atoms with Crippen molar-refractivity contribution in [2.75, 3.05) is 37.7 Å². The van der Waals surface area contributed by atoms with E-state index in [4.69, 9.17) is 9.26 Å². The van der Waals surface area contributed by atoms with Gasteiger partial charge in [-0.3, -0.25) is 4.79 Å². The molecule has 0 radical (unpaired) electrons. The highest BCUT2D eigenvalue weighted by atomic mass is 19.1. The molecule has 2 saturated heterocycles. The van der Waals surface area contributed by atoms with Crippen LogP contribution < -0.4 is 4.90 Å². The van der Waals surface area contributed by atoms with Gasteiger partial charge in [-0.25, -0.2) is 4.39 Å². The maximum Gasteiger partial charge on any atom is 0.276 e. The Labute approximate surface area is 145 Å². The highest BCUT2D eigenvalue weighted by Crippen LogP contribution is 2.30. The molecule has 7 heteroatoms. The first-order chi connectivity index (χ1) is 12.2. The van der Waals surface area contributed by atoms with E-state index in [1.54, 1.807) is 6.07 Å². The molecule has 0 spiro atoms. The van der Waals surface area contributed by atoms with Crippen molar-refractivity contribution in [3.8, 4) is 0 Å². The van der Waals surface area contributed by atoms with Crippen molar-refractivity contribution in [2.24, 2.45) is 5.92 Å². The van der Waals surface area contributed by atoms with E-state index in [-0.39, 0.29) is 23.7 Å². The number of carbonyl (C=O) groups excluding carboxylic acids is 1. The second-order valence-electron chi connectivity index (χ2n) is 6.50. The van der Waals surface area contributed by atoms with Crippen LogP contribution in [0.3, 0.4) is 0 Å². The van der Waals surface area contributed by atoms with E-state index < -0.39 is 0 Å². The van der Waals surface area contributed by atoms with Crippen LogP contribution in [0, 0.1) is 11.7 Å². The first kappa shape index (κ1) is 16.1. The standard InChI is InChI=1S/C18H20FN3O3/c19-14-1-3-15(4-2-14)22-8-10-24-12-13-11-21(7-5-17(13)22)18(23)16-6-9-25-20-16/h1-4,6,9,13,17H,5,7-8,10-12H2/t13-,17+/m1/s1. The fraction of sp³-hybridized carbons (Fsp3) is 0.444. The predicted octanol–water partition coefficient (Wildman–Crippen LogP) is 2.18. The highest BCUT2D eigenvalue weighted by Gasteiger charge is 2.37. The molecule has 3 heterocycles. The fourth-order valence-electron chi connectivity index (χ4n) is 3.78. The van der Waals surface area contributed by atoms with Gasteiger partial charge in [0.25, 0.3) is 5.91 Å². The van der Waals surface area contributed by atoms with Crippen molar-refractivity contribution in [3.63, 3.8) is 0 Å². The van der Waals surface area contributed by atoms with E-state index in [0.29, 0.717) is 32.0 Å². The van der Waals surface area contributed by atoms with Gasteiger partial charge in [0.1, 0.15) is 12.1 Å². The Morgan fingerprint density at radius 1 is 1.20 bits per heavy atom. The minimum absolute atomic E-state index is 0.107. The Balaban J connectivity index is 1.52. The van der Waals surface area contributed by atoms with Crippen molar-refractivity contribution in [1.29, 1.82) is 0 Å². The number of carbonyl (C=O) groups is 1. The highest BCUT2D eigenvalue weighted by molar-refractivity contribution is 5.92. The van der Waals surface area contributed by atoms with Crippen LogP contribution in [0.2, 0.25) is 0 Å². The number of aromatic nitrogens is 1. The quantitative estimate of drug-likeness (QED) is 0.835. The topological polar surface area (TPSA) is 58.8 Å². The summed E-state index contributed by atoms with van der Waals surface area (Å²) in [5.41, 5.74) is 1.33. The number of anilines is 1. The zero-order valence-corrected chi connectivity index (χ0v) is 13.8. The van der Waals surface area contributed by atoms with Gasteiger partial charge in [0, 0.05) is 43.3 Å². The number of hydrogen-bond donors (Lipinski definition) is 0. The number of ether oxygens (including phenoxy) is 1. The molecule has 0 saturated carbocycles. The molecule has 0 unspecified atom stereocenters.